The monoisotopic (exact) mass is 364 g/mol. The summed E-state index contributed by atoms with van der Waals surface area (Å²) in [6.07, 6.45) is 1.56. The molecule has 27 heavy (non-hydrogen) atoms. The number of piperidine rings is 1. The van der Waals surface area contributed by atoms with Gasteiger partial charge in [0.1, 0.15) is 5.52 Å². The van der Waals surface area contributed by atoms with E-state index in [0.29, 0.717) is 6.01 Å². The second kappa shape index (κ2) is 7.02. The number of oxazole rings is 1. The molecule has 1 aliphatic rings. The van der Waals surface area contributed by atoms with Gasteiger partial charge in [-0.25, -0.2) is 0 Å². The second-order valence-corrected chi connectivity index (χ2v) is 7.26. The first-order chi connectivity index (χ1) is 13.0. The molecule has 3 heterocycles. The van der Waals surface area contributed by atoms with Crippen molar-refractivity contribution in [3.63, 3.8) is 0 Å². The van der Waals surface area contributed by atoms with E-state index < -0.39 is 0 Å². The molecule has 6 heteroatoms. The van der Waals surface area contributed by atoms with E-state index in [1.54, 1.807) is 0 Å². The van der Waals surface area contributed by atoms with Crippen molar-refractivity contribution in [3.05, 3.63) is 47.3 Å². The number of hydrogen-bond acceptors (Lipinski definition) is 5. The molecule has 1 aromatic carbocycles. The van der Waals surface area contributed by atoms with E-state index in [9.17, 15) is 4.79 Å². The lowest BCUT2D eigenvalue weighted by Crippen LogP contribution is -2.38. The Morgan fingerprint density at radius 3 is 2.59 bits per heavy atom. The third-order valence-corrected chi connectivity index (χ3v) is 5.19. The average Bonchev–Trinajstić information content (AvgIpc) is 3.09. The summed E-state index contributed by atoms with van der Waals surface area (Å²) >= 11 is 0. The zero-order valence-corrected chi connectivity index (χ0v) is 16.0. The van der Waals surface area contributed by atoms with Crippen LogP contribution in [0.5, 0.6) is 0 Å². The Morgan fingerprint density at radius 2 is 1.89 bits per heavy atom. The van der Waals surface area contributed by atoms with E-state index in [4.69, 9.17) is 4.42 Å². The Hall–Kier alpha value is -2.89. The maximum Gasteiger partial charge on any atom is 0.298 e. The van der Waals surface area contributed by atoms with Gasteiger partial charge >= 0.3 is 0 Å². The highest BCUT2D eigenvalue weighted by molar-refractivity contribution is 5.94. The van der Waals surface area contributed by atoms with E-state index in [-0.39, 0.29) is 11.8 Å². The SMILES string of the molecule is Cc1cc(C)c(NC(=O)C2CCN(c3nc4ccccc4o3)CC2)c(C)n1. The number of aryl methyl sites for hydroxylation is 3. The number of anilines is 2. The van der Waals surface area contributed by atoms with Gasteiger partial charge < -0.3 is 14.6 Å². The summed E-state index contributed by atoms with van der Waals surface area (Å²) in [5, 5.41) is 3.09. The Labute approximate surface area is 158 Å². The maximum absolute atomic E-state index is 12.7. The van der Waals surface area contributed by atoms with Crippen molar-refractivity contribution in [1.82, 2.24) is 9.97 Å². The standard InChI is InChI=1S/C21H24N4O2/c1-13-12-14(2)22-15(3)19(13)24-20(26)16-8-10-25(11-9-16)21-23-17-6-4-5-7-18(17)27-21/h4-7,12,16H,8-11H2,1-3H3,(H,24,26). The van der Waals surface area contributed by atoms with E-state index in [1.165, 1.54) is 0 Å². The maximum atomic E-state index is 12.7. The van der Waals surface area contributed by atoms with Gasteiger partial charge in [-0.3, -0.25) is 9.78 Å². The third-order valence-electron chi connectivity index (χ3n) is 5.19. The number of carbonyl (C=O) groups excluding carboxylic acids is 1. The van der Waals surface area contributed by atoms with E-state index in [2.05, 4.69) is 20.2 Å². The number of benzene rings is 1. The van der Waals surface area contributed by atoms with Gasteiger partial charge in [-0.1, -0.05) is 12.1 Å². The molecule has 1 saturated heterocycles. The fraction of sp³-hybridized carbons (Fsp3) is 0.381. The first-order valence-corrected chi connectivity index (χ1v) is 9.37. The molecule has 1 amide bonds. The van der Waals surface area contributed by atoms with Crippen LogP contribution in [0.4, 0.5) is 11.7 Å². The molecule has 2 aromatic heterocycles. The lowest BCUT2D eigenvalue weighted by Gasteiger charge is -2.30. The lowest BCUT2D eigenvalue weighted by molar-refractivity contribution is -0.120. The van der Waals surface area contributed by atoms with Crippen molar-refractivity contribution in [1.29, 1.82) is 0 Å². The van der Waals surface area contributed by atoms with Gasteiger partial charge in [0.05, 0.1) is 11.4 Å². The van der Waals surface area contributed by atoms with Crippen LogP contribution in [-0.2, 0) is 4.79 Å². The van der Waals surface area contributed by atoms with Gasteiger partial charge in [-0.15, -0.1) is 0 Å². The number of nitrogens with one attached hydrogen (secondary N) is 1. The Morgan fingerprint density at radius 1 is 1.15 bits per heavy atom. The smallest absolute Gasteiger partial charge is 0.298 e. The van der Waals surface area contributed by atoms with Crippen molar-refractivity contribution >= 4 is 28.7 Å². The quantitative estimate of drug-likeness (QED) is 0.760. The van der Waals surface area contributed by atoms with E-state index in [0.717, 1.165) is 59.7 Å². The number of rotatable bonds is 3. The largest absolute Gasteiger partial charge is 0.423 e. The Kier molecular flexibility index (Phi) is 4.56. The number of aromatic nitrogens is 2. The highest BCUT2D eigenvalue weighted by Crippen LogP contribution is 2.27. The topological polar surface area (TPSA) is 71.3 Å². The lowest BCUT2D eigenvalue weighted by atomic mass is 9.96. The van der Waals surface area contributed by atoms with Crippen molar-refractivity contribution in [3.8, 4) is 0 Å². The summed E-state index contributed by atoms with van der Waals surface area (Å²) in [6.45, 7) is 7.43. The van der Waals surface area contributed by atoms with Crippen molar-refractivity contribution in [2.24, 2.45) is 5.92 Å². The van der Waals surface area contributed by atoms with Crippen LogP contribution in [0.1, 0.15) is 29.8 Å². The molecule has 0 atom stereocenters. The van der Waals surface area contributed by atoms with Crippen LogP contribution < -0.4 is 10.2 Å². The number of amides is 1. The van der Waals surface area contributed by atoms with Gasteiger partial charge in [-0.2, -0.15) is 4.98 Å². The van der Waals surface area contributed by atoms with Gasteiger partial charge in [0.2, 0.25) is 5.91 Å². The van der Waals surface area contributed by atoms with Crippen LogP contribution in [0.25, 0.3) is 11.1 Å². The van der Waals surface area contributed by atoms with Crippen molar-refractivity contribution in [2.75, 3.05) is 23.3 Å². The first-order valence-electron chi connectivity index (χ1n) is 9.37. The minimum Gasteiger partial charge on any atom is -0.423 e. The number of pyridine rings is 1. The number of hydrogen-bond donors (Lipinski definition) is 1. The van der Waals surface area contributed by atoms with Gasteiger partial charge in [0.25, 0.3) is 6.01 Å². The Balaban J connectivity index is 1.41. The van der Waals surface area contributed by atoms with Crippen LogP contribution in [0.2, 0.25) is 0 Å². The van der Waals surface area contributed by atoms with Crippen LogP contribution in [0.15, 0.2) is 34.7 Å². The molecule has 1 N–H and O–H groups in total. The van der Waals surface area contributed by atoms with Crippen LogP contribution in [0.3, 0.4) is 0 Å². The molecule has 0 aliphatic carbocycles. The highest BCUT2D eigenvalue weighted by Gasteiger charge is 2.27. The summed E-state index contributed by atoms with van der Waals surface area (Å²) in [5.74, 6) is 0.0646. The molecule has 140 valence electrons. The zero-order chi connectivity index (χ0) is 19.0. The second-order valence-electron chi connectivity index (χ2n) is 7.26. The predicted molar refractivity (Wildman–Crippen MR) is 106 cm³/mol. The summed E-state index contributed by atoms with van der Waals surface area (Å²) in [6, 6.07) is 10.4. The predicted octanol–water partition coefficient (Wildman–Crippen LogP) is 4.00. The van der Waals surface area contributed by atoms with Crippen LogP contribution in [0, 0.1) is 26.7 Å². The molecule has 6 nitrogen and oxygen atoms in total. The normalized spacial score (nSPS) is 15.3. The van der Waals surface area contributed by atoms with Crippen molar-refractivity contribution in [2.45, 2.75) is 33.6 Å². The number of para-hydroxylation sites is 2. The summed E-state index contributed by atoms with van der Waals surface area (Å²) in [4.78, 5) is 23.9. The summed E-state index contributed by atoms with van der Waals surface area (Å²) in [7, 11) is 0. The number of fused-ring (bicyclic) bond motifs is 1. The van der Waals surface area contributed by atoms with E-state index >= 15 is 0 Å². The van der Waals surface area contributed by atoms with Gasteiger partial charge in [-0.05, 0) is 57.4 Å². The fourth-order valence-corrected chi connectivity index (χ4v) is 3.77. The molecule has 4 rings (SSSR count). The molecule has 0 unspecified atom stereocenters. The van der Waals surface area contributed by atoms with Gasteiger partial charge in [0, 0.05) is 24.7 Å². The fourth-order valence-electron chi connectivity index (χ4n) is 3.77. The van der Waals surface area contributed by atoms with Crippen LogP contribution >= 0.6 is 0 Å². The molecule has 1 aliphatic heterocycles. The highest BCUT2D eigenvalue weighted by atomic mass is 16.4. The van der Waals surface area contributed by atoms with Crippen molar-refractivity contribution < 1.29 is 9.21 Å². The number of carbonyl (C=O) groups is 1. The Bertz CT molecular complexity index is 931. The average molecular weight is 364 g/mol. The minimum absolute atomic E-state index is 0.00858. The molecule has 0 radical (unpaired) electrons. The molecule has 0 spiro atoms. The van der Waals surface area contributed by atoms with Crippen LogP contribution in [-0.4, -0.2) is 29.0 Å². The minimum atomic E-state index is -0.00858. The molecule has 3 aromatic rings. The van der Waals surface area contributed by atoms with Gasteiger partial charge in [0.15, 0.2) is 5.58 Å². The molecule has 1 fully saturated rings. The zero-order valence-electron chi connectivity index (χ0n) is 16.0. The molecule has 0 bridgehead atoms. The molecular weight excluding hydrogens is 340 g/mol. The summed E-state index contributed by atoms with van der Waals surface area (Å²) in [5.41, 5.74) is 5.39. The first kappa shape index (κ1) is 17.5. The molecule has 0 saturated carbocycles. The summed E-state index contributed by atoms with van der Waals surface area (Å²) < 4.78 is 5.85. The molecular formula is C21H24N4O2. The van der Waals surface area contributed by atoms with E-state index in [1.807, 2.05) is 51.1 Å². The number of nitrogens with zero attached hydrogens (tertiary/aromatic N) is 3. The third kappa shape index (κ3) is 3.52.